The highest BCUT2D eigenvalue weighted by molar-refractivity contribution is 5.40. The third-order valence-electron chi connectivity index (χ3n) is 3.30. The van der Waals surface area contributed by atoms with Crippen LogP contribution in [-0.2, 0) is 5.41 Å². The van der Waals surface area contributed by atoms with Crippen LogP contribution in [0, 0.1) is 0 Å². The van der Waals surface area contributed by atoms with Gasteiger partial charge in [-0.2, -0.15) is 0 Å². The smallest absolute Gasteiger partial charge is 0.253 e. The van der Waals surface area contributed by atoms with E-state index in [2.05, 4.69) is 20.8 Å². The molecule has 1 aromatic heterocycles. The number of hydrogen-bond acceptors (Lipinski definition) is 2. The average molecular weight is 220 g/mol. The largest absolute Gasteiger partial charge is 0.399 e. The van der Waals surface area contributed by atoms with Crippen LogP contribution in [0.5, 0.6) is 0 Å². The summed E-state index contributed by atoms with van der Waals surface area (Å²) in [6.07, 6.45) is 3.46. The molecule has 1 aliphatic carbocycles. The summed E-state index contributed by atoms with van der Waals surface area (Å²) in [6.45, 7) is 6.36. The molecule has 16 heavy (non-hydrogen) atoms. The average Bonchev–Trinajstić information content (AvgIpc) is 2.03. The summed E-state index contributed by atoms with van der Waals surface area (Å²) in [6, 6.07) is 3.87. The van der Waals surface area contributed by atoms with Gasteiger partial charge >= 0.3 is 0 Å². The second-order valence-electron chi connectivity index (χ2n) is 5.72. The Bertz CT molecular complexity index is 450. The van der Waals surface area contributed by atoms with Gasteiger partial charge in [0, 0.05) is 28.9 Å². The van der Waals surface area contributed by atoms with Crippen molar-refractivity contribution in [1.29, 1.82) is 0 Å². The van der Waals surface area contributed by atoms with E-state index >= 15 is 0 Å². The Balaban J connectivity index is 2.60. The van der Waals surface area contributed by atoms with Crippen LogP contribution in [-0.4, -0.2) is 4.57 Å². The maximum Gasteiger partial charge on any atom is 0.253 e. The SMILES string of the molecule is CC(C)(C)c1cc(N)cc(=O)n1C1CCC1. The number of pyridine rings is 1. The number of rotatable bonds is 1. The van der Waals surface area contributed by atoms with Crippen molar-refractivity contribution in [3.63, 3.8) is 0 Å². The standard InChI is InChI=1S/C13H20N2O/c1-13(2,3)11-7-9(14)8-12(16)15(11)10-5-4-6-10/h7-8,10H,4-6,14H2,1-3H3. The number of hydrogen-bond donors (Lipinski definition) is 1. The molecule has 2 rings (SSSR count). The van der Waals surface area contributed by atoms with Gasteiger partial charge in [-0.05, 0) is 25.3 Å². The Hall–Kier alpha value is -1.25. The van der Waals surface area contributed by atoms with E-state index in [0.717, 1.165) is 18.5 Å². The van der Waals surface area contributed by atoms with Gasteiger partial charge in [0.25, 0.3) is 5.56 Å². The molecule has 1 aliphatic rings. The summed E-state index contributed by atoms with van der Waals surface area (Å²) in [7, 11) is 0. The van der Waals surface area contributed by atoms with E-state index in [1.807, 2.05) is 10.6 Å². The molecule has 0 aliphatic heterocycles. The first-order chi connectivity index (χ1) is 7.39. The Morgan fingerprint density at radius 3 is 2.38 bits per heavy atom. The number of aromatic nitrogens is 1. The lowest BCUT2D eigenvalue weighted by molar-refractivity contribution is 0.287. The van der Waals surface area contributed by atoms with E-state index < -0.39 is 0 Å². The van der Waals surface area contributed by atoms with Crippen LogP contribution >= 0.6 is 0 Å². The van der Waals surface area contributed by atoms with Crippen molar-refractivity contribution in [2.45, 2.75) is 51.5 Å². The monoisotopic (exact) mass is 220 g/mol. The highest BCUT2D eigenvalue weighted by Gasteiger charge is 2.27. The Morgan fingerprint density at radius 2 is 1.94 bits per heavy atom. The first kappa shape index (κ1) is 11.2. The lowest BCUT2D eigenvalue weighted by Crippen LogP contribution is -2.35. The van der Waals surface area contributed by atoms with Crippen molar-refractivity contribution in [3.05, 3.63) is 28.2 Å². The van der Waals surface area contributed by atoms with Crippen molar-refractivity contribution in [3.8, 4) is 0 Å². The van der Waals surface area contributed by atoms with Gasteiger partial charge in [0.15, 0.2) is 0 Å². The van der Waals surface area contributed by atoms with Crippen molar-refractivity contribution < 1.29 is 0 Å². The van der Waals surface area contributed by atoms with E-state index in [0.29, 0.717) is 11.7 Å². The number of nitrogen functional groups attached to an aromatic ring is 1. The molecule has 0 amide bonds. The molecule has 0 radical (unpaired) electrons. The summed E-state index contributed by atoms with van der Waals surface area (Å²) < 4.78 is 1.94. The molecule has 3 heteroatoms. The van der Waals surface area contributed by atoms with Gasteiger partial charge in [-0.3, -0.25) is 4.79 Å². The molecule has 2 N–H and O–H groups in total. The molecule has 0 bridgehead atoms. The topological polar surface area (TPSA) is 48.0 Å². The van der Waals surface area contributed by atoms with Crippen molar-refractivity contribution in [2.24, 2.45) is 0 Å². The predicted molar refractivity (Wildman–Crippen MR) is 66.7 cm³/mol. The second kappa shape index (κ2) is 3.65. The molecule has 1 heterocycles. The maximum absolute atomic E-state index is 12.0. The quantitative estimate of drug-likeness (QED) is 0.790. The van der Waals surface area contributed by atoms with Gasteiger partial charge in [0.1, 0.15) is 0 Å². The zero-order valence-electron chi connectivity index (χ0n) is 10.3. The van der Waals surface area contributed by atoms with Crippen molar-refractivity contribution in [2.75, 3.05) is 5.73 Å². The van der Waals surface area contributed by atoms with Crippen molar-refractivity contribution >= 4 is 5.69 Å². The van der Waals surface area contributed by atoms with E-state index in [4.69, 9.17) is 5.73 Å². The first-order valence-corrected chi connectivity index (χ1v) is 5.92. The fraction of sp³-hybridized carbons (Fsp3) is 0.615. The predicted octanol–water partition coefficient (Wildman–Crippen LogP) is 2.45. The number of nitrogens with two attached hydrogens (primary N) is 1. The minimum atomic E-state index is -0.0376. The normalized spacial score (nSPS) is 17.2. The Labute approximate surface area is 96.3 Å². The maximum atomic E-state index is 12.0. The van der Waals surface area contributed by atoms with Gasteiger partial charge in [-0.15, -0.1) is 0 Å². The Morgan fingerprint density at radius 1 is 1.31 bits per heavy atom. The lowest BCUT2D eigenvalue weighted by atomic mass is 9.87. The van der Waals surface area contributed by atoms with Crippen LogP contribution in [0.3, 0.4) is 0 Å². The molecule has 88 valence electrons. The van der Waals surface area contributed by atoms with Gasteiger partial charge in [-0.25, -0.2) is 0 Å². The van der Waals surface area contributed by atoms with Gasteiger partial charge < -0.3 is 10.3 Å². The Kier molecular flexibility index (Phi) is 2.56. The molecule has 3 nitrogen and oxygen atoms in total. The lowest BCUT2D eigenvalue weighted by Gasteiger charge is -2.34. The fourth-order valence-electron chi connectivity index (χ4n) is 2.20. The van der Waals surface area contributed by atoms with Crippen LogP contribution in [0.15, 0.2) is 16.9 Å². The molecule has 1 fully saturated rings. The summed E-state index contributed by atoms with van der Waals surface area (Å²) in [5.41, 5.74) is 7.42. The van der Waals surface area contributed by atoms with Gasteiger partial charge in [0.05, 0.1) is 0 Å². The van der Waals surface area contributed by atoms with E-state index in [1.165, 1.54) is 12.5 Å². The summed E-state index contributed by atoms with van der Waals surface area (Å²) >= 11 is 0. The van der Waals surface area contributed by atoms with E-state index in [9.17, 15) is 4.79 Å². The molecule has 1 saturated carbocycles. The molecular formula is C13H20N2O. The van der Waals surface area contributed by atoms with E-state index in [1.54, 1.807) is 0 Å². The second-order valence-corrected chi connectivity index (χ2v) is 5.72. The minimum absolute atomic E-state index is 0.0376. The molecule has 0 atom stereocenters. The highest BCUT2D eigenvalue weighted by atomic mass is 16.1. The summed E-state index contributed by atoms with van der Waals surface area (Å²) in [5.74, 6) is 0. The first-order valence-electron chi connectivity index (χ1n) is 5.92. The summed E-state index contributed by atoms with van der Waals surface area (Å²) in [4.78, 5) is 12.0. The fourth-order valence-corrected chi connectivity index (χ4v) is 2.20. The third-order valence-corrected chi connectivity index (χ3v) is 3.30. The number of anilines is 1. The van der Waals surface area contributed by atoms with Crippen molar-refractivity contribution in [1.82, 2.24) is 4.57 Å². The minimum Gasteiger partial charge on any atom is -0.399 e. The molecule has 0 saturated heterocycles. The van der Waals surface area contributed by atoms with Crippen LogP contribution < -0.4 is 11.3 Å². The summed E-state index contributed by atoms with van der Waals surface area (Å²) in [5, 5.41) is 0. The highest BCUT2D eigenvalue weighted by Crippen LogP contribution is 2.34. The third kappa shape index (κ3) is 1.86. The molecular weight excluding hydrogens is 200 g/mol. The molecule has 0 unspecified atom stereocenters. The van der Waals surface area contributed by atoms with Crippen LogP contribution in [0.2, 0.25) is 0 Å². The van der Waals surface area contributed by atoms with Gasteiger partial charge in [-0.1, -0.05) is 20.8 Å². The molecule has 0 spiro atoms. The van der Waals surface area contributed by atoms with E-state index in [-0.39, 0.29) is 11.0 Å². The zero-order valence-corrected chi connectivity index (χ0v) is 10.3. The van der Waals surface area contributed by atoms with Crippen LogP contribution in [0.25, 0.3) is 0 Å². The number of nitrogens with zero attached hydrogens (tertiary/aromatic N) is 1. The van der Waals surface area contributed by atoms with Crippen LogP contribution in [0.4, 0.5) is 5.69 Å². The zero-order chi connectivity index (χ0) is 11.9. The van der Waals surface area contributed by atoms with Gasteiger partial charge in [0.2, 0.25) is 0 Å². The van der Waals surface area contributed by atoms with Crippen LogP contribution in [0.1, 0.15) is 51.8 Å². The molecule has 1 aromatic rings. The molecule has 0 aromatic carbocycles.